The van der Waals surface area contributed by atoms with E-state index in [1.54, 1.807) is 30.5 Å². The minimum absolute atomic E-state index is 0.207. The Balaban J connectivity index is 1.85. The largest absolute Gasteiger partial charge is 0.356 e. The van der Waals surface area contributed by atoms with Crippen LogP contribution in [0.4, 0.5) is 4.39 Å². The van der Waals surface area contributed by atoms with E-state index in [0.717, 1.165) is 24.5 Å². The second kappa shape index (κ2) is 7.78. The van der Waals surface area contributed by atoms with Gasteiger partial charge in [-0.15, -0.1) is 11.3 Å². The molecule has 1 aromatic carbocycles. The van der Waals surface area contributed by atoms with E-state index in [4.69, 9.17) is 0 Å². The Morgan fingerprint density at radius 2 is 2.19 bits per heavy atom. The van der Waals surface area contributed by atoms with Crippen molar-refractivity contribution in [2.24, 2.45) is 4.99 Å². The Morgan fingerprint density at radius 3 is 2.86 bits per heavy atom. The summed E-state index contributed by atoms with van der Waals surface area (Å²) in [6.07, 6.45) is 0.977. The number of halogens is 1. The van der Waals surface area contributed by atoms with Crippen molar-refractivity contribution in [3.63, 3.8) is 0 Å². The summed E-state index contributed by atoms with van der Waals surface area (Å²) in [5.41, 5.74) is 0.929. The molecule has 0 aliphatic carbocycles. The first kappa shape index (κ1) is 15.5. The molecule has 0 unspecified atom stereocenters. The monoisotopic (exact) mass is 305 g/mol. The van der Waals surface area contributed by atoms with Gasteiger partial charge in [-0.25, -0.2) is 4.39 Å². The molecule has 21 heavy (non-hydrogen) atoms. The average molecular weight is 305 g/mol. The van der Waals surface area contributed by atoms with Crippen LogP contribution in [0.5, 0.6) is 0 Å². The van der Waals surface area contributed by atoms with Crippen LogP contribution in [0.3, 0.4) is 0 Å². The van der Waals surface area contributed by atoms with Crippen LogP contribution >= 0.6 is 11.3 Å². The molecule has 0 aliphatic rings. The maximum absolute atomic E-state index is 13.2. The zero-order chi connectivity index (χ0) is 15.1. The van der Waals surface area contributed by atoms with Gasteiger partial charge in [0.15, 0.2) is 5.96 Å². The van der Waals surface area contributed by atoms with Crippen molar-refractivity contribution in [3.05, 3.63) is 58.0 Å². The number of nitrogens with one attached hydrogen (secondary N) is 1. The molecule has 112 valence electrons. The van der Waals surface area contributed by atoms with Gasteiger partial charge in [0.05, 0.1) is 0 Å². The van der Waals surface area contributed by atoms with Crippen molar-refractivity contribution in [3.8, 4) is 0 Å². The molecule has 0 fully saturated rings. The highest BCUT2D eigenvalue weighted by Gasteiger charge is 2.07. The molecule has 0 radical (unpaired) electrons. The lowest BCUT2D eigenvalue weighted by atomic mass is 10.2. The van der Waals surface area contributed by atoms with E-state index in [2.05, 4.69) is 27.8 Å². The zero-order valence-corrected chi connectivity index (χ0v) is 13.2. The van der Waals surface area contributed by atoms with Gasteiger partial charge >= 0.3 is 0 Å². The number of hydrogen-bond donors (Lipinski definition) is 1. The van der Waals surface area contributed by atoms with E-state index in [9.17, 15) is 4.39 Å². The van der Waals surface area contributed by atoms with Crippen molar-refractivity contribution in [2.45, 2.75) is 13.0 Å². The van der Waals surface area contributed by atoms with E-state index in [-0.39, 0.29) is 5.82 Å². The molecule has 0 aliphatic heterocycles. The number of guanidine groups is 1. The summed E-state index contributed by atoms with van der Waals surface area (Å²) in [7, 11) is 3.71. The molecule has 2 aromatic rings. The minimum atomic E-state index is -0.207. The summed E-state index contributed by atoms with van der Waals surface area (Å²) < 4.78 is 13.2. The molecule has 2 rings (SSSR count). The zero-order valence-electron chi connectivity index (χ0n) is 12.3. The number of benzene rings is 1. The highest BCUT2D eigenvalue weighted by Crippen LogP contribution is 2.09. The van der Waals surface area contributed by atoms with E-state index < -0.39 is 0 Å². The van der Waals surface area contributed by atoms with Crippen LogP contribution in [0.15, 0.2) is 46.8 Å². The molecular weight excluding hydrogens is 285 g/mol. The van der Waals surface area contributed by atoms with E-state index in [0.29, 0.717) is 6.54 Å². The van der Waals surface area contributed by atoms with Gasteiger partial charge in [-0.05, 0) is 35.6 Å². The fourth-order valence-corrected chi connectivity index (χ4v) is 2.83. The van der Waals surface area contributed by atoms with Crippen LogP contribution in [0.2, 0.25) is 0 Å². The summed E-state index contributed by atoms with van der Waals surface area (Å²) in [5.74, 6) is 0.609. The summed E-state index contributed by atoms with van der Waals surface area (Å²) in [6, 6.07) is 10.8. The van der Waals surface area contributed by atoms with Crippen LogP contribution in [-0.4, -0.2) is 31.5 Å². The van der Waals surface area contributed by atoms with Crippen LogP contribution in [0.1, 0.15) is 10.4 Å². The molecule has 0 saturated heterocycles. The van der Waals surface area contributed by atoms with Crippen molar-refractivity contribution < 1.29 is 4.39 Å². The van der Waals surface area contributed by atoms with Crippen molar-refractivity contribution in [1.82, 2.24) is 10.2 Å². The third-order valence-electron chi connectivity index (χ3n) is 3.12. The molecule has 1 aromatic heterocycles. The predicted molar refractivity (Wildman–Crippen MR) is 87.3 cm³/mol. The normalized spacial score (nSPS) is 11.5. The standard InChI is InChI=1S/C16H20FN3S/c1-18-16(19-9-8-15-7-4-10-21-15)20(2)12-13-5-3-6-14(17)11-13/h3-7,10-11H,8-9,12H2,1-2H3,(H,18,19). The first-order chi connectivity index (χ1) is 10.2. The number of hydrogen-bond acceptors (Lipinski definition) is 2. The lowest BCUT2D eigenvalue weighted by molar-refractivity contribution is 0.475. The SMILES string of the molecule is CN=C(NCCc1cccs1)N(C)Cc1cccc(F)c1. The van der Waals surface area contributed by atoms with E-state index in [1.807, 2.05) is 18.0 Å². The molecule has 0 spiro atoms. The van der Waals surface area contributed by atoms with Gasteiger partial charge in [-0.1, -0.05) is 18.2 Å². The summed E-state index contributed by atoms with van der Waals surface area (Å²) in [5, 5.41) is 5.41. The Hall–Kier alpha value is -1.88. The molecule has 0 atom stereocenters. The summed E-state index contributed by atoms with van der Waals surface area (Å²) in [4.78, 5) is 7.61. The van der Waals surface area contributed by atoms with E-state index in [1.165, 1.54) is 10.9 Å². The third-order valence-corrected chi connectivity index (χ3v) is 4.05. The van der Waals surface area contributed by atoms with Crippen LogP contribution in [0.25, 0.3) is 0 Å². The Labute approximate surface area is 129 Å². The molecule has 3 nitrogen and oxygen atoms in total. The average Bonchev–Trinajstić information content (AvgIpc) is 2.96. The molecule has 0 bridgehead atoms. The van der Waals surface area contributed by atoms with Gasteiger partial charge in [0.25, 0.3) is 0 Å². The number of nitrogens with zero attached hydrogens (tertiary/aromatic N) is 2. The van der Waals surface area contributed by atoms with Crippen molar-refractivity contribution in [2.75, 3.05) is 20.6 Å². The number of rotatable bonds is 5. The van der Waals surface area contributed by atoms with Gasteiger partial charge in [-0.3, -0.25) is 4.99 Å². The number of thiophene rings is 1. The Kier molecular flexibility index (Phi) is 5.75. The highest BCUT2D eigenvalue weighted by atomic mass is 32.1. The predicted octanol–water partition coefficient (Wildman–Crippen LogP) is 3.14. The lowest BCUT2D eigenvalue weighted by Crippen LogP contribution is -2.39. The van der Waals surface area contributed by atoms with Crippen LogP contribution in [-0.2, 0) is 13.0 Å². The smallest absolute Gasteiger partial charge is 0.193 e. The van der Waals surface area contributed by atoms with Crippen LogP contribution < -0.4 is 5.32 Å². The summed E-state index contributed by atoms with van der Waals surface area (Å²) in [6.45, 7) is 1.46. The maximum atomic E-state index is 13.2. The van der Waals surface area contributed by atoms with Crippen molar-refractivity contribution >= 4 is 17.3 Å². The Bertz CT molecular complexity index is 581. The van der Waals surface area contributed by atoms with Crippen molar-refractivity contribution in [1.29, 1.82) is 0 Å². The third kappa shape index (κ3) is 4.86. The molecule has 1 N–H and O–H groups in total. The quantitative estimate of drug-likeness (QED) is 0.679. The highest BCUT2D eigenvalue weighted by molar-refractivity contribution is 7.09. The van der Waals surface area contributed by atoms with Gasteiger partial charge < -0.3 is 10.2 Å². The first-order valence-electron chi connectivity index (χ1n) is 6.87. The Morgan fingerprint density at radius 1 is 1.33 bits per heavy atom. The molecule has 0 amide bonds. The molecule has 1 heterocycles. The number of aliphatic imine (C=N–C) groups is 1. The molecule has 5 heteroatoms. The maximum Gasteiger partial charge on any atom is 0.193 e. The van der Waals surface area contributed by atoms with Gasteiger partial charge in [-0.2, -0.15) is 0 Å². The second-order valence-electron chi connectivity index (χ2n) is 4.79. The van der Waals surface area contributed by atoms with E-state index >= 15 is 0 Å². The molecular formula is C16H20FN3S. The fraction of sp³-hybridized carbons (Fsp3) is 0.312. The minimum Gasteiger partial charge on any atom is -0.356 e. The van der Waals surface area contributed by atoms with Gasteiger partial charge in [0.1, 0.15) is 5.82 Å². The lowest BCUT2D eigenvalue weighted by Gasteiger charge is -2.22. The second-order valence-corrected chi connectivity index (χ2v) is 5.82. The first-order valence-corrected chi connectivity index (χ1v) is 7.75. The molecule has 0 saturated carbocycles. The van der Waals surface area contributed by atoms with Gasteiger partial charge in [0, 0.05) is 32.1 Å². The van der Waals surface area contributed by atoms with Crippen LogP contribution in [0, 0.1) is 5.82 Å². The fourth-order valence-electron chi connectivity index (χ4n) is 2.12. The van der Waals surface area contributed by atoms with Gasteiger partial charge in [0.2, 0.25) is 0 Å². The topological polar surface area (TPSA) is 27.6 Å². The summed E-state index contributed by atoms with van der Waals surface area (Å²) >= 11 is 1.76.